The molecule has 0 bridgehead atoms. The zero-order chi connectivity index (χ0) is 13.7. The Bertz CT molecular complexity index is 539. The molecule has 3 N–H and O–H groups in total. The number of carbonyl (C=O) groups is 1. The van der Waals surface area contributed by atoms with Crippen molar-refractivity contribution in [2.45, 2.75) is 19.4 Å². The number of carbonyl (C=O) groups excluding carboxylic acids is 1. The van der Waals surface area contributed by atoms with Crippen molar-refractivity contribution in [2.75, 3.05) is 6.61 Å². The van der Waals surface area contributed by atoms with Gasteiger partial charge in [-0.3, -0.25) is 5.10 Å². The van der Waals surface area contributed by atoms with E-state index < -0.39 is 5.97 Å². The summed E-state index contributed by atoms with van der Waals surface area (Å²) in [6, 6.07) is 9.49. The number of H-pyrrole nitrogens is 1. The zero-order valence-electron chi connectivity index (χ0n) is 10.7. The van der Waals surface area contributed by atoms with E-state index in [1.807, 2.05) is 30.3 Å². The number of esters is 1. The third-order valence-electron chi connectivity index (χ3n) is 2.61. The van der Waals surface area contributed by atoms with Gasteiger partial charge in [0.25, 0.3) is 5.82 Å². The van der Waals surface area contributed by atoms with Crippen LogP contribution in [-0.2, 0) is 11.2 Å². The highest BCUT2D eigenvalue weighted by Crippen LogP contribution is 2.12. The molecule has 19 heavy (non-hydrogen) atoms. The predicted octanol–water partition coefficient (Wildman–Crippen LogP) is 1.22. The van der Waals surface area contributed by atoms with Crippen molar-refractivity contribution in [3.05, 3.63) is 47.5 Å². The third kappa shape index (κ3) is 3.38. The zero-order valence-corrected chi connectivity index (χ0v) is 10.7. The highest BCUT2D eigenvalue weighted by molar-refractivity contribution is 5.84. The summed E-state index contributed by atoms with van der Waals surface area (Å²) in [5.74, 6) is -0.0517. The van der Waals surface area contributed by atoms with Crippen LogP contribution < -0.4 is 5.73 Å². The van der Waals surface area contributed by atoms with Crippen molar-refractivity contribution in [1.29, 1.82) is 0 Å². The van der Waals surface area contributed by atoms with Gasteiger partial charge in [-0.2, -0.15) is 0 Å². The summed E-state index contributed by atoms with van der Waals surface area (Å²) in [6.07, 6.45) is 0.623. The molecule has 0 radical (unpaired) electrons. The molecule has 1 aromatic carbocycles. The van der Waals surface area contributed by atoms with Gasteiger partial charge in [0, 0.05) is 0 Å². The maximum Gasteiger partial charge on any atom is 0.378 e. The number of aromatic amines is 1. The van der Waals surface area contributed by atoms with Crippen LogP contribution in [0.2, 0.25) is 0 Å². The van der Waals surface area contributed by atoms with Crippen molar-refractivity contribution in [2.24, 2.45) is 5.73 Å². The Morgan fingerprint density at radius 2 is 2.16 bits per heavy atom. The number of hydrogen-bond donors (Lipinski definition) is 2. The summed E-state index contributed by atoms with van der Waals surface area (Å²) >= 11 is 0. The second kappa shape index (κ2) is 6.10. The number of rotatable bonds is 5. The van der Waals surface area contributed by atoms with E-state index in [0.717, 1.165) is 5.56 Å². The third-order valence-corrected chi connectivity index (χ3v) is 2.61. The van der Waals surface area contributed by atoms with Crippen LogP contribution in [-0.4, -0.2) is 27.8 Å². The minimum Gasteiger partial charge on any atom is -0.460 e. The summed E-state index contributed by atoms with van der Waals surface area (Å²) in [5, 5.41) is 6.48. The maximum atomic E-state index is 11.4. The molecule has 0 aliphatic heterocycles. The Morgan fingerprint density at radius 1 is 1.42 bits per heavy atom. The first-order valence-corrected chi connectivity index (χ1v) is 6.09. The van der Waals surface area contributed by atoms with Crippen molar-refractivity contribution >= 4 is 5.97 Å². The highest BCUT2D eigenvalue weighted by atomic mass is 16.5. The molecule has 1 aromatic heterocycles. The first kappa shape index (κ1) is 13.2. The van der Waals surface area contributed by atoms with Gasteiger partial charge in [-0.15, -0.1) is 5.10 Å². The maximum absolute atomic E-state index is 11.4. The van der Waals surface area contributed by atoms with Gasteiger partial charge in [-0.25, -0.2) is 9.78 Å². The Kier molecular flexibility index (Phi) is 4.25. The number of ether oxygens (including phenoxy) is 1. The standard InChI is InChI=1S/C13H16N4O2/c1-2-19-13(18)12-15-11(16-17-12)10(14)8-9-6-4-3-5-7-9/h3-7,10H,2,8,14H2,1H3,(H,15,16,17). The van der Waals surface area contributed by atoms with E-state index in [1.54, 1.807) is 6.92 Å². The fourth-order valence-electron chi connectivity index (χ4n) is 1.69. The average Bonchev–Trinajstić information content (AvgIpc) is 2.90. The summed E-state index contributed by atoms with van der Waals surface area (Å²) in [4.78, 5) is 15.5. The first-order valence-electron chi connectivity index (χ1n) is 6.09. The van der Waals surface area contributed by atoms with Crippen LogP contribution in [0, 0.1) is 0 Å². The van der Waals surface area contributed by atoms with Gasteiger partial charge in [-0.1, -0.05) is 30.3 Å². The van der Waals surface area contributed by atoms with Gasteiger partial charge in [0.05, 0.1) is 12.6 Å². The molecule has 0 aliphatic carbocycles. The monoisotopic (exact) mass is 260 g/mol. The van der Waals surface area contributed by atoms with E-state index >= 15 is 0 Å². The average molecular weight is 260 g/mol. The molecule has 6 heteroatoms. The lowest BCUT2D eigenvalue weighted by molar-refractivity contribution is 0.0512. The number of nitrogens with one attached hydrogen (secondary N) is 1. The second-order valence-corrected chi connectivity index (χ2v) is 4.06. The fourth-order valence-corrected chi connectivity index (χ4v) is 1.69. The molecular weight excluding hydrogens is 244 g/mol. The normalized spacial score (nSPS) is 12.1. The lowest BCUT2D eigenvalue weighted by Gasteiger charge is -2.07. The van der Waals surface area contributed by atoms with Crippen LogP contribution in [0.5, 0.6) is 0 Å². The summed E-state index contributed by atoms with van der Waals surface area (Å²) in [5.41, 5.74) is 7.13. The molecule has 1 atom stereocenters. The molecule has 2 rings (SSSR count). The van der Waals surface area contributed by atoms with E-state index in [4.69, 9.17) is 10.5 Å². The molecule has 0 amide bonds. The van der Waals surface area contributed by atoms with Crippen LogP contribution in [0.3, 0.4) is 0 Å². The molecule has 0 aliphatic rings. The van der Waals surface area contributed by atoms with Crippen LogP contribution in [0.15, 0.2) is 30.3 Å². The van der Waals surface area contributed by atoms with Crippen LogP contribution in [0.25, 0.3) is 0 Å². The fraction of sp³-hybridized carbons (Fsp3) is 0.308. The number of aromatic nitrogens is 3. The van der Waals surface area contributed by atoms with Crippen molar-refractivity contribution in [1.82, 2.24) is 15.2 Å². The molecule has 0 saturated heterocycles. The summed E-state index contributed by atoms with van der Waals surface area (Å²) in [6.45, 7) is 2.02. The largest absolute Gasteiger partial charge is 0.460 e. The Balaban J connectivity index is 2.04. The van der Waals surface area contributed by atoms with Gasteiger partial charge < -0.3 is 10.5 Å². The molecular formula is C13H16N4O2. The molecule has 0 spiro atoms. The summed E-state index contributed by atoms with van der Waals surface area (Å²) in [7, 11) is 0. The smallest absolute Gasteiger partial charge is 0.378 e. The molecule has 2 aromatic rings. The SMILES string of the molecule is CCOC(=O)c1n[nH]c(C(N)Cc2ccccc2)n1. The van der Waals surface area contributed by atoms with E-state index in [1.165, 1.54) is 0 Å². The molecule has 0 fully saturated rings. The van der Waals surface area contributed by atoms with Gasteiger partial charge in [-0.05, 0) is 18.9 Å². The number of benzene rings is 1. The topological polar surface area (TPSA) is 93.9 Å². The minimum absolute atomic E-state index is 0.0142. The minimum atomic E-state index is -0.545. The van der Waals surface area contributed by atoms with Crippen molar-refractivity contribution in [3.63, 3.8) is 0 Å². The summed E-state index contributed by atoms with van der Waals surface area (Å²) < 4.78 is 4.81. The number of nitrogens with zero attached hydrogens (tertiary/aromatic N) is 2. The molecule has 1 unspecified atom stereocenters. The lowest BCUT2D eigenvalue weighted by Crippen LogP contribution is -2.15. The van der Waals surface area contributed by atoms with Gasteiger partial charge in [0.2, 0.25) is 0 Å². The number of hydrogen-bond acceptors (Lipinski definition) is 5. The van der Waals surface area contributed by atoms with Crippen LogP contribution in [0.4, 0.5) is 0 Å². The lowest BCUT2D eigenvalue weighted by atomic mass is 10.1. The molecule has 0 saturated carbocycles. The highest BCUT2D eigenvalue weighted by Gasteiger charge is 2.17. The van der Waals surface area contributed by atoms with Crippen molar-refractivity contribution in [3.8, 4) is 0 Å². The van der Waals surface area contributed by atoms with Gasteiger partial charge in [0.15, 0.2) is 0 Å². The quantitative estimate of drug-likeness (QED) is 0.788. The van der Waals surface area contributed by atoms with E-state index in [-0.39, 0.29) is 11.9 Å². The van der Waals surface area contributed by atoms with E-state index in [9.17, 15) is 4.79 Å². The first-order chi connectivity index (χ1) is 9.20. The van der Waals surface area contributed by atoms with E-state index in [2.05, 4.69) is 15.2 Å². The Morgan fingerprint density at radius 3 is 2.84 bits per heavy atom. The molecule has 100 valence electrons. The van der Waals surface area contributed by atoms with Crippen LogP contribution >= 0.6 is 0 Å². The molecule has 1 heterocycles. The van der Waals surface area contributed by atoms with Crippen molar-refractivity contribution < 1.29 is 9.53 Å². The second-order valence-electron chi connectivity index (χ2n) is 4.06. The predicted molar refractivity (Wildman–Crippen MR) is 69.4 cm³/mol. The van der Waals surface area contributed by atoms with Crippen LogP contribution in [0.1, 0.15) is 35.0 Å². The molecule has 6 nitrogen and oxygen atoms in total. The number of nitrogens with two attached hydrogens (primary N) is 1. The Labute approximate surface area is 111 Å². The Hall–Kier alpha value is -2.21. The van der Waals surface area contributed by atoms with Gasteiger partial charge in [0.1, 0.15) is 5.82 Å². The van der Waals surface area contributed by atoms with Gasteiger partial charge >= 0.3 is 5.97 Å². The van der Waals surface area contributed by atoms with E-state index in [0.29, 0.717) is 18.9 Å².